The highest BCUT2D eigenvalue weighted by Gasteiger charge is 2.28. The molecule has 0 radical (unpaired) electrons. The van der Waals surface area contributed by atoms with Gasteiger partial charge in [-0.25, -0.2) is 4.98 Å². The van der Waals surface area contributed by atoms with Crippen molar-refractivity contribution in [1.82, 2.24) is 14.5 Å². The molecule has 3 aromatic rings. The van der Waals surface area contributed by atoms with Crippen LogP contribution in [0.4, 0.5) is 0 Å². The molecule has 0 saturated carbocycles. The summed E-state index contributed by atoms with van der Waals surface area (Å²) in [5.41, 5.74) is 0.760. The van der Waals surface area contributed by atoms with Gasteiger partial charge in [-0.1, -0.05) is 49.2 Å². The van der Waals surface area contributed by atoms with E-state index in [1.807, 2.05) is 20.8 Å². The van der Waals surface area contributed by atoms with Crippen LogP contribution in [0.5, 0.6) is 0 Å². The SMILES string of the molecule is CC(C)CN(C(=O)c1ccccc1Cl)C(C)c1nc2cc(Cl)ccc2c(=O)n1C. The van der Waals surface area contributed by atoms with Gasteiger partial charge in [0.25, 0.3) is 11.5 Å². The second-order valence-corrected chi connectivity index (χ2v) is 8.35. The first-order valence-electron chi connectivity index (χ1n) is 9.42. The molecule has 5 nitrogen and oxygen atoms in total. The van der Waals surface area contributed by atoms with Gasteiger partial charge in [0.1, 0.15) is 5.82 Å². The number of halogens is 2. The molecule has 152 valence electrons. The molecule has 0 spiro atoms. The molecule has 1 atom stereocenters. The maximum absolute atomic E-state index is 13.3. The molecule has 0 aliphatic carbocycles. The summed E-state index contributed by atoms with van der Waals surface area (Å²) < 4.78 is 1.49. The van der Waals surface area contributed by atoms with Crippen LogP contribution in [0.25, 0.3) is 10.9 Å². The van der Waals surface area contributed by atoms with E-state index < -0.39 is 6.04 Å². The predicted octanol–water partition coefficient (Wildman–Crippen LogP) is 5.10. The van der Waals surface area contributed by atoms with E-state index in [4.69, 9.17) is 23.2 Å². The summed E-state index contributed by atoms with van der Waals surface area (Å²) in [7, 11) is 1.67. The van der Waals surface area contributed by atoms with Gasteiger partial charge in [0.2, 0.25) is 0 Å². The van der Waals surface area contributed by atoms with Crippen molar-refractivity contribution in [3.63, 3.8) is 0 Å². The molecule has 0 N–H and O–H groups in total. The molecule has 7 heteroatoms. The molecule has 0 fully saturated rings. The first kappa shape index (κ1) is 21.3. The normalized spacial score (nSPS) is 12.4. The predicted molar refractivity (Wildman–Crippen MR) is 118 cm³/mol. The fourth-order valence-corrected chi connectivity index (χ4v) is 3.76. The Morgan fingerprint density at radius 3 is 2.48 bits per heavy atom. The number of rotatable bonds is 5. The molecule has 0 aliphatic heterocycles. The van der Waals surface area contributed by atoms with Crippen LogP contribution in [0, 0.1) is 5.92 Å². The largest absolute Gasteiger partial charge is 0.328 e. The van der Waals surface area contributed by atoms with Crippen LogP contribution in [-0.4, -0.2) is 26.9 Å². The Morgan fingerprint density at radius 2 is 1.83 bits per heavy atom. The van der Waals surface area contributed by atoms with Gasteiger partial charge in [-0.15, -0.1) is 0 Å². The van der Waals surface area contributed by atoms with E-state index in [1.165, 1.54) is 4.57 Å². The molecule has 0 aliphatic rings. The van der Waals surface area contributed by atoms with E-state index in [-0.39, 0.29) is 17.4 Å². The average molecular weight is 432 g/mol. The zero-order chi connectivity index (χ0) is 21.3. The zero-order valence-corrected chi connectivity index (χ0v) is 18.3. The fraction of sp³-hybridized carbons (Fsp3) is 0.318. The van der Waals surface area contributed by atoms with Crippen molar-refractivity contribution in [3.05, 3.63) is 74.3 Å². The molecule has 0 saturated heterocycles. The summed E-state index contributed by atoms with van der Waals surface area (Å²) in [6.45, 7) is 6.43. The number of amides is 1. The Balaban J connectivity index is 2.12. The molecular formula is C22H23Cl2N3O2. The van der Waals surface area contributed by atoms with Crippen molar-refractivity contribution in [1.29, 1.82) is 0 Å². The molecule has 1 aromatic heterocycles. The van der Waals surface area contributed by atoms with Gasteiger partial charge in [0.05, 0.1) is 27.5 Å². The van der Waals surface area contributed by atoms with Crippen molar-refractivity contribution < 1.29 is 4.79 Å². The Morgan fingerprint density at radius 1 is 1.14 bits per heavy atom. The third-order valence-electron chi connectivity index (χ3n) is 4.84. The van der Waals surface area contributed by atoms with Gasteiger partial charge < -0.3 is 4.90 Å². The van der Waals surface area contributed by atoms with Crippen LogP contribution in [0.15, 0.2) is 47.3 Å². The Labute approximate surface area is 179 Å². The number of carbonyl (C=O) groups is 1. The van der Waals surface area contributed by atoms with Crippen LogP contribution in [0.3, 0.4) is 0 Å². The van der Waals surface area contributed by atoms with Crippen molar-refractivity contribution in [2.24, 2.45) is 13.0 Å². The quantitative estimate of drug-likeness (QED) is 0.564. The minimum atomic E-state index is -0.442. The monoisotopic (exact) mass is 431 g/mol. The second kappa shape index (κ2) is 8.56. The summed E-state index contributed by atoms with van der Waals surface area (Å²) in [6.07, 6.45) is 0. The molecule has 3 rings (SSSR count). The van der Waals surface area contributed by atoms with Crippen LogP contribution in [0.1, 0.15) is 43.0 Å². The fourth-order valence-electron chi connectivity index (χ4n) is 3.37. The highest BCUT2D eigenvalue weighted by atomic mass is 35.5. The third kappa shape index (κ3) is 4.31. The Hall–Kier alpha value is -2.37. The summed E-state index contributed by atoms with van der Waals surface area (Å²) in [5, 5.41) is 1.38. The summed E-state index contributed by atoms with van der Waals surface area (Å²) in [4.78, 5) is 32.6. The van der Waals surface area contributed by atoms with Gasteiger partial charge >= 0.3 is 0 Å². The van der Waals surface area contributed by atoms with Crippen LogP contribution >= 0.6 is 23.2 Å². The Kier molecular flexibility index (Phi) is 6.30. The lowest BCUT2D eigenvalue weighted by molar-refractivity contribution is 0.0654. The number of hydrogen-bond acceptors (Lipinski definition) is 3. The van der Waals surface area contributed by atoms with E-state index in [9.17, 15) is 9.59 Å². The zero-order valence-electron chi connectivity index (χ0n) is 16.8. The van der Waals surface area contributed by atoms with E-state index in [1.54, 1.807) is 54.4 Å². The lowest BCUT2D eigenvalue weighted by Gasteiger charge is -2.31. The summed E-state index contributed by atoms with van der Waals surface area (Å²) in [6, 6.07) is 11.5. The van der Waals surface area contributed by atoms with E-state index in [0.717, 1.165) is 0 Å². The number of hydrogen-bond donors (Lipinski definition) is 0. The van der Waals surface area contributed by atoms with Crippen LogP contribution < -0.4 is 5.56 Å². The topological polar surface area (TPSA) is 55.2 Å². The number of aromatic nitrogens is 2. The van der Waals surface area contributed by atoms with Gasteiger partial charge in [-0.2, -0.15) is 0 Å². The number of carbonyl (C=O) groups excluding carboxylic acids is 1. The first-order chi connectivity index (χ1) is 13.7. The van der Waals surface area contributed by atoms with Gasteiger partial charge in [-0.3, -0.25) is 14.2 Å². The average Bonchev–Trinajstić information content (AvgIpc) is 2.68. The number of nitrogens with zero attached hydrogens (tertiary/aromatic N) is 3. The minimum absolute atomic E-state index is 0.178. The second-order valence-electron chi connectivity index (χ2n) is 7.50. The van der Waals surface area contributed by atoms with Crippen molar-refractivity contribution in [2.45, 2.75) is 26.8 Å². The number of fused-ring (bicyclic) bond motifs is 1. The lowest BCUT2D eigenvalue weighted by Crippen LogP contribution is -2.39. The van der Waals surface area contributed by atoms with Gasteiger partial charge in [0, 0.05) is 18.6 Å². The number of benzene rings is 2. The van der Waals surface area contributed by atoms with Crippen molar-refractivity contribution in [2.75, 3.05) is 6.54 Å². The lowest BCUT2D eigenvalue weighted by atomic mass is 10.1. The summed E-state index contributed by atoms with van der Waals surface area (Å²) >= 11 is 12.4. The maximum Gasteiger partial charge on any atom is 0.261 e. The van der Waals surface area contributed by atoms with Crippen molar-refractivity contribution in [3.8, 4) is 0 Å². The van der Waals surface area contributed by atoms with Crippen LogP contribution in [0.2, 0.25) is 10.0 Å². The van der Waals surface area contributed by atoms with Gasteiger partial charge in [0.15, 0.2) is 0 Å². The standard InChI is InChI=1S/C22H23Cl2N3O2/c1-13(2)12-27(22(29)16-7-5-6-8-18(16)24)14(3)20-25-19-11-15(23)9-10-17(19)21(28)26(20)4/h5-11,13-14H,12H2,1-4H3. The molecule has 2 aromatic carbocycles. The van der Waals surface area contributed by atoms with E-state index in [2.05, 4.69) is 4.98 Å². The Bertz CT molecular complexity index is 1120. The molecule has 1 heterocycles. The van der Waals surface area contributed by atoms with Gasteiger partial charge in [-0.05, 0) is 43.2 Å². The molecule has 0 bridgehead atoms. The van der Waals surface area contributed by atoms with E-state index >= 15 is 0 Å². The molecule has 1 amide bonds. The molecule has 1 unspecified atom stereocenters. The smallest absolute Gasteiger partial charge is 0.261 e. The first-order valence-corrected chi connectivity index (χ1v) is 10.2. The maximum atomic E-state index is 13.3. The van der Waals surface area contributed by atoms with Crippen molar-refractivity contribution >= 4 is 40.0 Å². The highest BCUT2D eigenvalue weighted by Crippen LogP contribution is 2.26. The third-order valence-corrected chi connectivity index (χ3v) is 5.41. The highest BCUT2D eigenvalue weighted by molar-refractivity contribution is 6.33. The van der Waals surface area contributed by atoms with Crippen LogP contribution in [-0.2, 0) is 7.05 Å². The van der Waals surface area contributed by atoms with E-state index in [0.29, 0.717) is 38.9 Å². The molecular weight excluding hydrogens is 409 g/mol. The molecule has 29 heavy (non-hydrogen) atoms. The minimum Gasteiger partial charge on any atom is -0.328 e. The summed E-state index contributed by atoms with van der Waals surface area (Å²) in [5.74, 6) is 0.513.